The van der Waals surface area contributed by atoms with Crippen molar-refractivity contribution < 1.29 is 30.0 Å². The maximum absolute atomic E-state index is 9.77. The van der Waals surface area contributed by atoms with Crippen LogP contribution in [0.1, 0.15) is 0 Å². The van der Waals surface area contributed by atoms with Crippen LogP contribution in [0.25, 0.3) is 11.3 Å². The summed E-state index contributed by atoms with van der Waals surface area (Å²) in [6.45, 7) is 4.86. The molecule has 2 aliphatic rings. The second kappa shape index (κ2) is 9.86. The molecule has 2 unspecified atom stereocenters. The second-order valence-corrected chi connectivity index (χ2v) is 7.98. The van der Waals surface area contributed by atoms with Crippen LogP contribution < -0.4 is 4.90 Å². The summed E-state index contributed by atoms with van der Waals surface area (Å²) in [7, 11) is 2.23. The van der Waals surface area contributed by atoms with Crippen molar-refractivity contribution in [2.45, 2.75) is 12.2 Å². The van der Waals surface area contributed by atoms with Gasteiger partial charge in [-0.05, 0) is 31.0 Å². The first-order chi connectivity index (χ1) is 14.8. The first-order valence-corrected chi connectivity index (χ1v) is 10.0. The van der Waals surface area contributed by atoms with Gasteiger partial charge in [0.1, 0.15) is 0 Å². The number of hydrogen-bond acceptors (Lipinski definition) is 7. The number of aliphatic carboxylic acids is 2. The Morgan fingerprint density at radius 1 is 0.903 bits per heavy atom. The van der Waals surface area contributed by atoms with Gasteiger partial charge in [0.25, 0.3) is 0 Å². The third-order valence-corrected chi connectivity index (χ3v) is 5.66. The van der Waals surface area contributed by atoms with Crippen LogP contribution in [0.2, 0.25) is 0 Å². The molecule has 9 nitrogen and oxygen atoms in total. The predicted octanol–water partition coefficient (Wildman–Crippen LogP) is 0.624. The SMILES string of the molecule is CN1C[C@@H]2CN(c3ccc(-c4ccccc4)nc3)C[C@@H]2C1.O=C(O)C(O)C(O)C(=O)O. The minimum absolute atomic E-state index is 0.837. The van der Waals surface area contributed by atoms with Crippen LogP contribution in [0.5, 0.6) is 0 Å². The van der Waals surface area contributed by atoms with E-state index in [-0.39, 0.29) is 0 Å². The summed E-state index contributed by atoms with van der Waals surface area (Å²) < 4.78 is 0. The Morgan fingerprint density at radius 3 is 1.90 bits per heavy atom. The van der Waals surface area contributed by atoms with Gasteiger partial charge in [-0.3, -0.25) is 4.98 Å². The molecule has 166 valence electrons. The predicted molar refractivity (Wildman–Crippen MR) is 114 cm³/mol. The fraction of sp³-hybridized carbons (Fsp3) is 0.409. The smallest absolute Gasteiger partial charge is 0.335 e. The van der Waals surface area contributed by atoms with Gasteiger partial charge in [-0.15, -0.1) is 0 Å². The Hall–Kier alpha value is -3.01. The summed E-state index contributed by atoms with van der Waals surface area (Å²) in [6, 6.07) is 14.7. The molecule has 9 heteroatoms. The molecule has 0 bridgehead atoms. The van der Waals surface area contributed by atoms with Gasteiger partial charge >= 0.3 is 11.9 Å². The summed E-state index contributed by atoms with van der Waals surface area (Å²) in [4.78, 5) is 29.2. The second-order valence-electron chi connectivity index (χ2n) is 7.98. The van der Waals surface area contributed by atoms with E-state index in [2.05, 4.69) is 58.2 Å². The molecular formula is C22H27N3O6. The monoisotopic (exact) mass is 429 g/mol. The standard InChI is InChI=1S/C18H21N3.C4H6O6/c1-20-10-15-12-21(13-16(15)11-20)17-7-8-18(19-9-17)14-5-3-2-4-6-14;5-1(3(7)8)2(6)4(9)10/h2-9,15-16H,10-13H2,1H3;1-2,5-6H,(H,7,8)(H,9,10)/t15-,16+;. The van der Waals surface area contributed by atoms with Crippen LogP contribution in [-0.2, 0) is 9.59 Å². The lowest BCUT2D eigenvalue weighted by Gasteiger charge is -2.21. The molecule has 4 atom stereocenters. The third kappa shape index (κ3) is 5.57. The summed E-state index contributed by atoms with van der Waals surface area (Å²) in [5, 5.41) is 32.5. The fourth-order valence-corrected chi connectivity index (χ4v) is 4.06. The Bertz CT molecular complexity index is 860. The zero-order valence-electron chi connectivity index (χ0n) is 17.2. The number of likely N-dealkylation sites (tertiary alicyclic amines) is 1. The fourth-order valence-electron chi connectivity index (χ4n) is 4.06. The highest BCUT2D eigenvalue weighted by molar-refractivity contribution is 5.83. The molecule has 0 saturated carbocycles. The van der Waals surface area contributed by atoms with E-state index in [1.54, 1.807) is 0 Å². The van der Waals surface area contributed by atoms with E-state index >= 15 is 0 Å². The van der Waals surface area contributed by atoms with Crippen molar-refractivity contribution >= 4 is 17.6 Å². The van der Waals surface area contributed by atoms with E-state index in [9.17, 15) is 9.59 Å². The zero-order valence-corrected chi connectivity index (χ0v) is 17.2. The van der Waals surface area contributed by atoms with E-state index in [0.29, 0.717) is 0 Å². The van der Waals surface area contributed by atoms with Crippen LogP contribution in [0.15, 0.2) is 48.7 Å². The molecule has 0 amide bonds. The van der Waals surface area contributed by atoms with E-state index < -0.39 is 24.1 Å². The molecule has 2 aliphatic heterocycles. The van der Waals surface area contributed by atoms with E-state index in [1.807, 2.05) is 12.3 Å². The average molecular weight is 429 g/mol. The highest BCUT2D eigenvalue weighted by Crippen LogP contribution is 2.33. The lowest BCUT2D eigenvalue weighted by atomic mass is 10.0. The van der Waals surface area contributed by atoms with Crippen LogP contribution in [0.3, 0.4) is 0 Å². The number of anilines is 1. The largest absolute Gasteiger partial charge is 0.479 e. The van der Waals surface area contributed by atoms with Gasteiger partial charge in [-0.2, -0.15) is 0 Å². The van der Waals surface area contributed by atoms with Gasteiger partial charge < -0.3 is 30.2 Å². The number of nitrogens with zero attached hydrogens (tertiary/aromatic N) is 3. The van der Waals surface area contributed by atoms with Crippen molar-refractivity contribution in [1.82, 2.24) is 9.88 Å². The summed E-state index contributed by atoms with van der Waals surface area (Å²) in [5.41, 5.74) is 3.51. The number of pyridine rings is 1. The number of aromatic nitrogens is 1. The molecule has 0 aliphatic carbocycles. The minimum atomic E-state index is -2.27. The first-order valence-electron chi connectivity index (χ1n) is 10.0. The number of rotatable bonds is 5. The van der Waals surface area contributed by atoms with Crippen LogP contribution in [0.4, 0.5) is 5.69 Å². The molecule has 31 heavy (non-hydrogen) atoms. The lowest BCUT2D eigenvalue weighted by molar-refractivity contribution is -0.165. The number of hydrogen-bond donors (Lipinski definition) is 4. The Balaban J connectivity index is 0.000000233. The van der Waals surface area contributed by atoms with Gasteiger partial charge in [0.2, 0.25) is 0 Å². The van der Waals surface area contributed by atoms with Crippen LogP contribution >= 0.6 is 0 Å². The Labute approximate surface area is 180 Å². The summed E-state index contributed by atoms with van der Waals surface area (Å²) in [5.74, 6) is -1.86. The highest BCUT2D eigenvalue weighted by Gasteiger charge is 2.38. The maximum atomic E-state index is 9.77. The number of carboxylic acids is 2. The molecule has 2 saturated heterocycles. The maximum Gasteiger partial charge on any atom is 0.335 e. The van der Waals surface area contributed by atoms with Crippen molar-refractivity contribution in [2.24, 2.45) is 11.8 Å². The molecular weight excluding hydrogens is 402 g/mol. The highest BCUT2D eigenvalue weighted by atomic mass is 16.4. The van der Waals surface area contributed by atoms with Crippen LogP contribution in [0, 0.1) is 11.8 Å². The molecule has 2 aromatic rings. The third-order valence-electron chi connectivity index (χ3n) is 5.66. The minimum Gasteiger partial charge on any atom is -0.479 e. The van der Waals surface area contributed by atoms with Crippen molar-refractivity contribution in [3.05, 3.63) is 48.7 Å². The lowest BCUT2D eigenvalue weighted by Crippen LogP contribution is -2.39. The molecule has 0 radical (unpaired) electrons. The molecule has 0 spiro atoms. The van der Waals surface area contributed by atoms with Gasteiger partial charge in [0, 0.05) is 31.7 Å². The number of fused-ring (bicyclic) bond motifs is 1. The van der Waals surface area contributed by atoms with Crippen LogP contribution in [-0.4, -0.2) is 87.7 Å². The quantitative estimate of drug-likeness (QED) is 0.540. The zero-order chi connectivity index (χ0) is 22.5. The number of carbonyl (C=O) groups is 2. The van der Waals surface area contributed by atoms with E-state index in [1.165, 1.54) is 37.4 Å². The van der Waals surface area contributed by atoms with E-state index in [4.69, 9.17) is 20.4 Å². The molecule has 4 rings (SSSR count). The summed E-state index contributed by atoms with van der Waals surface area (Å²) in [6.07, 6.45) is -2.50. The van der Waals surface area contributed by atoms with Gasteiger partial charge in [0.05, 0.1) is 17.6 Å². The number of aliphatic hydroxyl groups is 2. The number of carboxylic acid groups (broad SMARTS) is 2. The van der Waals surface area contributed by atoms with Crippen molar-refractivity contribution in [3.63, 3.8) is 0 Å². The molecule has 1 aromatic carbocycles. The van der Waals surface area contributed by atoms with Crippen molar-refractivity contribution in [1.29, 1.82) is 0 Å². The van der Waals surface area contributed by atoms with E-state index in [0.717, 1.165) is 17.5 Å². The molecule has 4 N–H and O–H groups in total. The van der Waals surface area contributed by atoms with Gasteiger partial charge in [-0.25, -0.2) is 9.59 Å². The Morgan fingerprint density at radius 2 is 1.45 bits per heavy atom. The van der Waals surface area contributed by atoms with Gasteiger partial charge in [-0.1, -0.05) is 30.3 Å². The van der Waals surface area contributed by atoms with Gasteiger partial charge in [0.15, 0.2) is 12.2 Å². The Kier molecular flexibility index (Phi) is 7.21. The molecule has 1 aromatic heterocycles. The first kappa shape index (κ1) is 22.7. The van der Waals surface area contributed by atoms with Crippen molar-refractivity contribution in [3.8, 4) is 11.3 Å². The number of benzene rings is 1. The summed E-state index contributed by atoms with van der Waals surface area (Å²) >= 11 is 0. The topological polar surface area (TPSA) is 134 Å². The number of aliphatic hydroxyl groups excluding tert-OH is 2. The van der Waals surface area contributed by atoms with Crippen molar-refractivity contribution in [2.75, 3.05) is 38.1 Å². The molecule has 2 fully saturated rings. The normalized spacial score (nSPS) is 22.2. The molecule has 3 heterocycles. The average Bonchev–Trinajstić information content (AvgIpc) is 3.31.